The lowest BCUT2D eigenvalue weighted by Gasteiger charge is -2.13. The van der Waals surface area contributed by atoms with Crippen molar-refractivity contribution in [2.45, 2.75) is 19.8 Å². The SMILES string of the molecule is CCN1C[C@@H](C(=O)NCCc2cccc(Cl)c2)CC1=O. The van der Waals surface area contributed by atoms with Crippen LogP contribution in [0.2, 0.25) is 5.02 Å². The molecular weight excluding hydrogens is 276 g/mol. The van der Waals surface area contributed by atoms with Gasteiger partial charge in [0, 0.05) is 31.1 Å². The van der Waals surface area contributed by atoms with Crippen molar-refractivity contribution in [2.75, 3.05) is 19.6 Å². The Hall–Kier alpha value is -1.55. The van der Waals surface area contributed by atoms with E-state index in [9.17, 15) is 9.59 Å². The molecule has 1 aromatic rings. The van der Waals surface area contributed by atoms with Gasteiger partial charge in [0.25, 0.3) is 0 Å². The molecule has 1 aliphatic heterocycles. The van der Waals surface area contributed by atoms with Crippen molar-refractivity contribution in [3.8, 4) is 0 Å². The van der Waals surface area contributed by atoms with Gasteiger partial charge in [-0.15, -0.1) is 0 Å². The Morgan fingerprint density at radius 1 is 1.50 bits per heavy atom. The van der Waals surface area contributed by atoms with Crippen LogP contribution in [-0.4, -0.2) is 36.3 Å². The molecule has 0 radical (unpaired) electrons. The van der Waals surface area contributed by atoms with Gasteiger partial charge >= 0.3 is 0 Å². The molecule has 0 aliphatic carbocycles. The Balaban J connectivity index is 1.77. The molecule has 1 saturated heterocycles. The van der Waals surface area contributed by atoms with Crippen LogP contribution in [0.3, 0.4) is 0 Å². The normalized spacial score (nSPS) is 18.4. The van der Waals surface area contributed by atoms with E-state index in [-0.39, 0.29) is 17.7 Å². The molecule has 5 heteroatoms. The van der Waals surface area contributed by atoms with E-state index >= 15 is 0 Å². The largest absolute Gasteiger partial charge is 0.355 e. The number of amides is 2. The van der Waals surface area contributed by atoms with Crippen LogP contribution in [0.4, 0.5) is 0 Å². The Morgan fingerprint density at radius 3 is 2.95 bits per heavy atom. The highest BCUT2D eigenvalue weighted by molar-refractivity contribution is 6.30. The summed E-state index contributed by atoms with van der Waals surface area (Å²) in [6, 6.07) is 7.60. The standard InChI is InChI=1S/C15H19ClN2O2/c1-2-18-10-12(9-14(18)19)15(20)17-7-6-11-4-3-5-13(16)8-11/h3-5,8,12H,2,6-7,9-10H2,1H3,(H,17,20)/t12-/m0/s1. The lowest BCUT2D eigenvalue weighted by Crippen LogP contribution is -2.34. The predicted octanol–water partition coefficient (Wildman–Crippen LogP) is 1.87. The van der Waals surface area contributed by atoms with Crippen molar-refractivity contribution < 1.29 is 9.59 Å². The van der Waals surface area contributed by atoms with Crippen molar-refractivity contribution in [1.82, 2.24) is 10.2 Å². The topological polar surface area (TPSA) is 49.4 Å². The zero-order valence-corrected chi connectivity index (χ0v) is 12.3. The van der Waals surface area contributed by atoms with Gasteiger partial charge in [0.15, 0.2) is 0 Å². The smallest absolute Gasteiger partial charge is 0.225 e. The number of nitrogens with zero attached hydrogens (tertiary/aromatic N) is 1. The van der Waals surface area contributed by atoms with Crippen LogP contribution in [0.15, 0.2) is 24.3 Å². The van der Waals surface area contributed by atoms with Gasteiger partial charge in [-0.1, -0.05) is 23.7 Å². The fourth-order valence-corrected chi connectivity index (χ4v) is 2.63. The number of hydrogen-bond donors (Lipinski definition) is 1. The number of likely N-dealkylation sites (tertiary alicyclic amines) is 1. The molecule has 1 atom stereocenters. The molecule has 1 heterocycles. The van der Waals surface area contributed by atoms with Crippen LogP contribution in [0.1, 0.15) is 18.9 Å². The lowest BCUT2D eigenvalue weighted by atomic mass is 10.1. The average Bonchev–Trinajstić information content (AvgIpc) is 2.80. The molecule has 108 valence electrons. The van der Waals surface area contributed by atoms with E-state index in [4.69, 9.17) is 11.6 Å². The highest BCUT2D eigenvalue weighted by Gasteiger charge is 2.32. The van der Waals surface area contributed by atoms with E-state index in [1.165, 1.54) is 0 Å². The number of carbonyl (C=O) groups excluding carboxylic acids is 2. The Kier molecular flexibility index (Phi) is 5.01. The minimum atomic E-state index is -0.207. The van der Waals surface area contributed by atoms with E-state index in [1.807, 2.05) is 31.2 Å². The highest BCUT2D eigenvalue weighted by Crippen LogP contribution is 2.17. The van der Waals surface area contributed by atoms with Crippen LogP contribution in [0, 0.1) is 5.92 Å². The third-order valence-electron chi connectivity index (χ3n) is 3.57. The summed E-state index contributed by atoms with van der Waals surface area (Å²) in [6.07, 6.45) is 1.07. The van der Waals surface area contributed by atoms with E-state index in [2.05, 4.69) is 5.32 Å². The minimum absolute atomic E-state index is 0.0312. The summed E-state index contributed by atoms with van der Waals surface area (Å²) in [7, 11) is 0. The number of carbonyl (C=O) groups is 2. The molecule has 4 nitrogen and oxygen atoms in total. The molecule has 2 amide bonds. The van der Waals surface area contributed by atoms with E-state index in [0.29, 0.717) is 31.1 Å². The summed E-state index contributed by atoms with van der Waals surface area (Å²) in [5.74, 6) is -0.166. The maximum Gasteiger partial charge on any atom is 0.225 e. The van der Waals surface area contributed by atoms with Gasteiger partial charge < -0.3 is 10.2 Å². The first-order valence-corrected chi connectivity index (χ1v) is 7.28. The van der Waals surface area contributed by atoms with Crippen LogP contribution in [-0.2, 0) is 16.0 Å². The Labute approximate surface area is 124 Å². The van der Waals surface area contributed by atoms with Crippen LogP contribution in [0.25, 0.3) is 0 Å². The van der Waals surface area contributed by atoms with Crippen LogP contribution >= 0.6 is 11.6 Å². The summed E-state index contributed by atoms with van der Waals surface area (Å²) in [6.45, 7) is 3.71. The van der Waals surface area contributed by atoms with Crippen molar-refractivity contribution in [3.63, 3.8) is 0 Å². The molecule has 1 aliphatic rings. The summed E-state index contributed by atoms with van der Waals surface area (Å²) in [4.78, 5) is 25.3. The van der Waals surface area contributed by atoms with Crippen molar-refractivity contribution >= 4 is 23.4 Å². The molecule has 0 aromatic heterocycles. The van der Waals surface area contributed by atoms with Crippen molar-refractivity contribution in [1.29, 1.82) is 0 Å². The molecule has 0 spiro atoms. The monoisotopic (exact) mass is 294 g/mol. The lowest BCUT2D eigenvalue weighted by molar-refractivity contribution is -0.128. The first-order valence-electron chi connectivity index (χ1n) is 6.90. The summed E-state index contributed by atoms with van der Waals surface area (Å²) < 4.78 is 0. The maximum absolute atomic E-state index is 12.0. The second kappa shape index (κ2) is 6.75. The summed E-state index contributed by atoms with van der Waals surface area (Å²) in [5, 5.41) is 3.60. The number of halogens is 1. The highest BCUT2D eigenvalue weighted by atomic mass is 35.5. The van der Waals surface area contributed by atoms with Crippen LogP contribution < -0.4 is 5.32 Å². The second-order valence-electron chi connectivity index (χ2n) is 5.00. The van der Waals surface area contributed by atoms with Gasteiger partial charge in [0.2, 0.25) is 11.8 Å². The van der Waals surface area contributed by atoms with Gasteiger partial charge in [-0.25, -0.2) is 0 Å². The molecule has 0 saturated carbocycles. The molecular formula is C15H19ClN2O2. The Morgan fingerprint density at radius 2 is 2.30 bits per heavy atom. The number of hydrogen-bond acceptors (Lipinski definition) is 2. The zero-order valence-electron chi connectivity index (χ0n) is 11.6. The number of nitrogens with one attached hydrogen (secondary N) is 1. The molecule has 20 heavy (non-hydrogen) atoms. The maximum atomic E-state index is 12.0. The Bertz CT molecular complexity index is 504. The third kappa shape index (κ3) is 3.73. The van der Waals surface area contributed by atoms with Gasteiger partial charge in [-0.05, 0) is 31.0 Å². The van der Waals surface area contributed by atoms with Crippen molar-refractivity contribution in [3.05, 3.63) is 34.9 Å². The molecule has 0 unspecified atom stereocenters. The number of benzene rings is 1. The van der Waals surface area contributed by atoms with Crippen LogP contribution in [0.5, 0.6) is 0 Å². The fraction of sp³-hybridized carbons (Fsp3) is 0.467. The summed E-state index contributed by atoms with van der Waals surface area (Å²) in [5.41, 5.74) is 1.09. The molecule has 0 bridgehead atoms. The van der Waals surface area contributed by atoms with Gasteiger partial charge in [0.1, 0.15) is 0 Å². The average molecular weight is 295 g/mol. The zero-order chi connectivity index (χ0) is 14.5. The fourth-order valence-electron chi connectivity index (χ4n) is 2.42. The van der Waals surface area contributed by atoms with E-state index in [1.54, 1.807) is 4.90 Å². The van der Waals surface area contributed by atoms with Gasteiger partial charge in [0.05, 0.1) is 5.92 Å². The molecule has 1 aromatic carbocycles. The molecule has 1 fully saturated rings. The first-order chi connectivity index (χ1) is 9.60. The molecule has 1 N–H and O–H groups in total. The first kappa shape index (κ1) is 14.9. The van der Waals surface area contributed by atoms with E-state index < -0.39 is 0 Å². The second-order valence-corrected chi connectivity index (χ2v) is 5.44. The number of rotatable bonds is 5. The molecule has 2 rings (SSSR count). The predicted molar refractivity (Wildman–Crippen MR) is 78.5 cm³/mol. The summed E-state index contributed by atoms with van der Waals surface area (Å²) >= 11 is 5.91. The quantitative estimate of drug-likeness (QED) is 0.901. The van der Waals surface area contributed by atoms with Gasteiger partial charge in [-0.3, -0.25) is 9.59 Å². The van der Waals surface area contributed by atoms with E-state index in [0.717, 1.165) is 12.0 Å². The minimum Gasteiger partial charge on any atom is -0.355 e. The van der Waals surface area contributed by atoms with Crippen molar-refractivity contribution in [2.24, 2.45) is 5.92 Å². The third-order valence-corrected chi connectivity index (χ3v) is 3.80. The van der Waals surface area contributed by atoms with Gasteiger partial charge in [-0.2, -0.15) is 0 Å².